The molecule has 0 saturated carbocycles. The molecule has 24 heavy (non-hydrogen) atoms. The van der Waals surface area contributed by atoms with Crippen LogP contribution in [0.1, 0.15) is 61.0 Å². The van der Waals surface area contributed by atoms with Gasteiger partial charge in [-0.3, -0.25) is 0 Å². The van der Waals surface area contributed by atoms with E-state index in [1.54, 1.807) is 12.1 Å². The van der Waals surface area contributed by atoms with Crippen molar-refractivity contribution in [2.45, 2.75) is 39.5 Å². The minimum Gasteiger partial charge on any atom is -0.408 e. The summed E-state index contributed by atoms with van der Waals surface area (Å²) in [5.74, 6) is 1.38. The van der Waals surface area contributed by atoms with Crippen molar-refractivity contribution in [3.63, 3.8) is 0 Å². The Bertz CT molecular complexity index is 741. The average Bonchev–Trinajstić information content (AvgIpc) is 2.54. The number of carbonyl (C=O) groups excluding carboxylic acids is 1. The fourth-order valence-corrected chi connectivity index (χ4v) is 3.50. The molecule has 0 saturated heterocycles. The number of rotatable bonds is 4. The van der Waals surface area contributed by atoms with Crippen LogP contribution in [-0.2, 0) is 4.52 Å². The van der Waals surface area contributed by atoms with E-state index >= 15 is 0 Å². The summed E-state index contributed by atoms with van der Waals surface area (Å²) in [5.41, 5.74) is 2.60. The number of hydrogen-bond donors (Lipinski definition) is 0. The first-order chi connectivity index (χ1) is 11.5. The molecule has 4 nitrogen and oxygen atoms in total. The first kappa shape index (κ1) is 16.8. The lowest BCUT2D eigenvalue weighted by atomic mass is 9.92. The van der Waals surface area contributed by atoms with E-state index in [-0.39, 0.29) is 11.9 Å². The first-order valence-electron chi connectivity index (χ1n) is 8.07. The van der Waals surface area contributed by atoms with Gasteiger partial charge in [-0.05, 0) is 41.2 Å². The molecule has 126 valence electrons. The highest BCUT2D eigenvalue weighted by atomic mass is 31.2. The highest BCUT2D eigenvalue weighted by Crippen LogP contribution is 2.50. The zero-order chi connectivity index (χ0) is 17.3. The number of hydrogen-bond acceptors (Lipinski definition) is 4. The van der Waals surface area contributed by atoms with Crippen LogP contribution in [0.25, 0.3) is 0 Å². The molecule has 1 aliphatic rings. The summed E-state index contributed by atoms with van der Waals surface area (Å²) in [6.07, 6.45) is 0. The maximum absolute atomic E-state index is 12.5. The molecule has 1 unspecified atom stereocenters. The molecule has 0 aromatic heterocycles. The van der Waals surface area contributed by atoms with Crippen molar-refractivity contribution in [1.82, 2.24) is 0 Å². The zero-order valence-electron chi connectivity index (χ0n) is 14.3. The van der Waals surface area contributed by atoms with E-state index in [0.29, 0.717) is 23.0 Å². The Morgan fingerprint density at radius 2 is 1.67 bits per heavy atom. The standard InChI is InChI=1S/C19H21O4P/c1-12(2)14-10-16(13(3)4)18-17(11-14)19(20)23-24(22-18)21-15-8-6-5-7-9-15/h5-13H,1-4H3. The van der Waals surface area contributed by atoms with Crippen LogP contribution in [0.3, 0.4) is 0 Å². The molecule has 0 N–H and O–H groups in total. The summed E-state index contributed by atoms with van der Waals surface area (Å²) in [4.78, 5) is 12.5. The normalized spacial score (nSPS) is 16.6. The van der Waals surface area contributed by atoms with Crippen molar-refractivity contribution >= 4 is 14.6 Å². The third kappa shape index (κ3) is 3.39. The van der Waals surface area contributed by atoms with Crippen molar-refractivity contribution in [2.75, 3.05) is 0 Å². The number of fused-ring (bicyclic) bond motifs is 1. The van der Waals surface area contributed by atoms with E-state index in [2.05, 4.69) is 33.8 Å². The molecule has 0 radical (unpaired) electrons. The summed E-state index contributed by atoms with van der Waals surface area (Å²) >= 11 is 0. The van der Waals surface area contributed by atoms with Crippen LogP contribution in [0.5, 0.6) is 11.5 Å². The molecule has 5 heteroatoms. The van der Waals surface area contributed by atoms with Gasteiger partial charge in [-0.2, -0.15) is 0 Å². The van der Waals surface area contributed by atoms with Gasteiger partial charge in [0.05, 0.1) is 0 Å². The summed E-state index contributed by atoms with van der Waals surface area (Å²) in [6.45, 7) is 8.38. The second kappa shape index (κ2) is 6.82. The van der Waals surface area contributed by atoms with Crippen LogP contribution in [-0.4, -0.2) is 5.97 Å². The van der Waals surface area contributed by atoms with E-state index in [9.17, 15) is 4.79 Å². The maximum Gasteiger partial charge on any atom is 0.532 e. The van der Waals surface area contributed by atoms with E-state index in [4.69, 9.17) is 13.6 Å². The van der Waals surface area contributed by atoms with Gasteiger partial charge in [0.1, 0.15) is 17.1 Å². The smallest absolute Gasteiger partial charge is 0.408 e. The highest BCUT2D eigenvalue weighted by Gasteiger charge is 2.35. The summed E-state index contributed by atoms with van der Waals surface area (Å²) in [5, 5.41) is 0. The van der Waals surface area contributed by atoms with Gasteiger partial charge in [0.25, 0.3) is 0 Å². The molecule has 0 spiro atoms. The van der Waals surface area contributed by atoms with Crippen molar-refractivity contribution in [1.29, 1.82) is 0 Å². The quantitative estimate of drug-likeness (QED) is 0.659. The van der Waals surface area contributed by atoms with Gasteiger partial charge in [-0.15, -0.1) is 0 Å². The Morgan fingerprint density at radius 1 is 0.958 bits per heavy atom. The van der Waals surface area contributed by atoms with Gasteiger partial charge in [0, 0.05) is 0 Å². The molecule has 0 amide bonds. The third-order valence-corrected chi connectivity index (χ3v) is 4.90. The molecule has 1 aliphatic heterocycles. The van der Waals surface area contributed by atoms with Gasteiger partial charge < -0.3 is 13.6 Å². The van der Waals surface area contributed by atoms with Crippen LogP contribution >= 0.6 is 8.60 Å². The van der Waals surface area contributed by atoms with E-state index in [1.807, 2.05) is 24.3 Å². The Morgan fingerprint density at radius 3 is 2.29 bits per heavy atom. The van der Waals surface area contributed by atoms with Crippen molar-refractivity contribution in [2.24, 2.45) is 0 Å². The Labute approximate surface area is 143 Å². The van der Waals surface area contributed by atoms with E-state index < -0.39 is 8.60 Å². The molecule has 0 aliphatic carbocycles. The summed E-state index contributed by atoms with van der Waals surface area (Å²) in [7, 11) is -1.79. The molecule has 2 aromatic carbocycles. The lowest BCUT2D eigenvalue weighted by Gasteiger charge is -2.26. The lowest BCUT2D eigenvalue weighted by Crippen LogP contribution is -2.17. The monoisotopic (exact) mass is 344 g/mol. The SMILES string of the molecule is CC(C)c1cc2c(c(C(C)C)c1)OP(Oc1ccccc1)OC2=O. The van der Waals surface area contributed by atoms with Gasteiger partial charge in [0.2, 0.25) is 0 Å². The average molecular weight is 344 g/mol. The van der Waals surface area contributed by atoms with Gasteiger partial charge in [-0.25, -0.2) is 4.79 Å². The van der Waals surface area contributed by atoms with Crippen LogP contribution in [0.2, 0.25) is 0 Å². The number of carbonyl (C=O) groups is 1. The van der Waals surface area contributed by atoms with Gasteiger partial charge in [-0.1, -0.05) is 52.0 Å². The predicted octanol–water partition coefficient (Wildman–Crippen LogP) is 5.79. The number of para-hydroxylation sites is 1. The highest BCUT2D eigenvalue weighted by molar-refractivity contribution is 7.43. The lowest BCUT2D eigenvalue weighted by molar-refractivity contribution is 0.0696. The van der Waals surface area contributed by atoms with Crippen molar-refractivity contribution in [3.8, 4) is 11.5 Å². The van der Waals surface area contributed by atoms with E-state index in [0.717, 1.165) is 11.1 Å². The van der Waals surface area contributed by atoms with Crippen molar-refractivity contribution < 1.29 is 18.4 Å². The fourth-order valence-electron chi connectivity index (χ4n) is 2.50. The molecule has 3 rings (SSSR count). The predicted molar refractivity (Wildman–Crippen MR) is 94.7 cm³/mol. The Kier molecular flexibility index (Phi) is 4.77. The Hall–Kier alpha value is -2.06. The largest absolute Gasteiger partial charge is 0.532 e. The molecule has 0 fully saturated rings. The molecule has 1 heterocycles. The second-order valence-corrected chi connectivity index (χ2v) is 7.39. The molecule has 2 aromatic rings. The molecular formula is C19H21O4P. The first-order valence-corrected chi connectivity index (χ1v) is 9.16. The topological polar surface area (TPSA) is 44.8 Å². The Balaban J connectivity index is 1.95. The molecule has 0 bridgehead atoms. The van der Waals surface area contributed by atoms with E-state index in [1.165, 1.54) is 0 Å². The number of benzene rings is 2. The van der Waals surface area contributed by atoms with Crippen LogP contribution in [0, 0.1) is 0 Å². The summed E-state index contributed by atoms with van der Waals surface area (Å²) in [6, 6.07) is 13.2. The molecular weight excluding hydrogens is 323 g/mol. The van der Waals surface area contributed by atoms with Crippen molar-refractivity contribution in [3.05, 3.63) is 59.2 Å². The zero-order valence-corrected chi connectivity index (χ0v) is 15.2. The minimum absolute atomic E-state index is 0.233. The molecule has 1 atom stereocenters. The van der Waals surface area contributed by atoms with Gasteiger partial charge >= 0.3 is 14.6 Å². The third-order valence-electron chi connectivity index (χ3n) is 3.89. The van der Waals surface area contributed by atoms with Crippen LogP contribution in [0.15, 0.2) is 42.5 Å². The second-order valence-electron chi connectivity index (χ2n) is 6.39. The fraction of sp³-hybridized carbons (Fsp3) is 0.316. The van der Waals surface area contributed by atoms with Gasteiger partial charge in [0.15, 0.2) is 0 Å². The maximum atomic E-state index is 12.5. The van der Waals surface area contributed by atoms with Crippen LogP contribution < -0.4 is 9.05 Å². The minimum atomic E-state index is -1.79. The van der Waals surface area contributed by atoms with Crippen LogP contribution in [0.4, 0.5) is 0 Å². The summed E-state index contributed by atoms with van der Waals surface area (Å²) < 4.78 is 17.0.